The summed E-state index contributed by atoms with van der Waals surface area (Å²) >= 11 is 0. The lowest BCUT2D eigenvalue weighted by molar-refractivity contribution is -0.250. The molecular formula is C7H18N2O2. The molecule has 4 N–H and O–H groups in total. The van der Waals surface area contributed by atoms with Crippen LogP contribution in [0, 0.1) is 0 Å². The van der Waals surface area contributed by atoms with Crippen LogP contribution in [0.5, 0.6) is 0 Å². The van der Waals surface area contributed by atoms with Gasteiger partial charge in [0.15, 0.2) is 5.79 Å². The second-order valence-corrected chi connectivity index (χ2v) is 3.05. The van der Waals surface area contributed by atoms with Crippen molar-refractivity contribution in [2.45, 2.75) is 45.9 Å². The minimum Gasteiger partial charge on any atom is -0.333 e. The van der Waals surface area contributed by atoms with Crippen molar-refractivity contribution in [3.8, 4) is 0 Å². The second kappa shape index (κ2) is 4.01. The molecular weight excluding hydrogens is 144 g/mol. The molecule has 0 aromatic heterocycles. The predicted molar refractivity (Wildman–Crippen MR) is 43.5 cm³/mol. The fraction of sp³-hybridized carbons (Fsp3) is 1.00. The molecule has 0 aliphatic rings. The molecule has 0 aliphatic heterocycles. The summed E-state index contributed by atoms with van der Waals surface area (Å²) in [6, 6.07) is 0. The quantitative estimate of drug-likeness (QED) is 0.586. The van der Waals surface area contributed by atoms with E-state index in [9.17, 15) is 0 Å². The van der Waals surface area contributed by atoms with Crippen LogP contribution >= 0.6 is 0 Å². The van der Waals surface area contributed by atoms with Crippen molar-refractivity contribution in [2.24, 2.45) is 11.5 Å². The van der Waals surface area contributed by atoms with Crippen molar-refractivity contribution in [1.29, 1.82) is 0 Å². The zero-order valence-corrected chi connectivity index (χ0v) is 7.63. The van der Waals surface area contributed by atoms with Gasteiger partial charge in [0.1, 0.15) is 12.5 Å². The van der Waals surface area contributed by atoms with E-state index < -0.39 is 5.79 Å². The molecule has 0 saturated carbocycles. The zero-order valence-electron chi connectivity index (χ0n) is 7.63. The first-order valence-electron chi connectivity index (χ1n) is 3.70. The van der Waals surface area contributed by atoms with Gasteiger partial charge < -0.3 is 20.9 Å². The third kappa shape index (κ3) is 6.25. The Kier molecular flexibility index (Phi) is 3.96. The minimum absolute atomic E-state index is 0.344. The number of rotatable bonds is 4. The lowest BCUT2D eigenvalue weighted by atomic mass is 10.4. The van der Waals surface area contributed by atoms with Gasteiger partial charge >= 0.3 is 0 Å². The maximum absolute atomic E-state index is 5.41. The molecule has 0 bridgehead atoms. The van der Waals surface area contributed by atoms with E-state index in [2.05, 4.69) is 0 Å². The third-order valence-electron chi connectivity index (χ3n) is 0.939. The zero-order chi connectivity index (χ0) is 9.07. The molecule has 0 aliphatic carbocycles. The lowest BCUT2D eigenvalue weighted by Crippen LogP contribution is -2.40. The van der Waals surface area contributed by atoms with Crippen molar-refractivity contribution >= 4 is 0 Å². The summed E-state index contributed by atoms with van der Waals surface area (Å²) in [5, 5.41) is 0. The van der Waals surface area contributed by atoms with E-state index in [0.717, 1.165) is 0 Å². The van der Waals surface area contributed by atoms with Gasteiger partial charge in [-0.05, 0) is 27.7 Å². The van der Waals surface area contributed by atoms with Crippen LogP contribution in [0.25, 0.3) is 0 Å². The molecule has 11 heavy (non-hydrogen) atoms. The Morgan fingerprint density at radius 2 is 1.27 bits per heavy atom. The molecule has 0 saturated heterocycles. The number of hydrogen-bond donors (Lipinski definition) is 2. The smallest absolute Gasteiger partial charge is 0.166 e. The molecule has 0 aromatic rings. The van der Waals surface area contributed by atoms with Crippen LogP contribution in [0.4, 0.5) is 0 Å². The predicted octanol–water partition coefficient (Wildman–Crippen LogP) is 0.365. The lowest BCUT2D eigenvalue weighted by Gasteiger charge is -2.29. The Morgan fingerprint density at radius 3 is 1.45 bits per heavy atom. The first-order valence-corrected chi connectivity index (χ1v) is 3.70. The summed E-state index contributed by atoms with van der Waals surface area (Å²) in [4.78, 5) is 0. The summed E-state index contributed by atoms with van der Waals surface area (Å²) in [6.07, 6.45) is -0.688. The van der Waals surface area contributed by atoms with Crippen molar-refractivity contribution in [3.05, 3.63) is 0 Å². The highest BCUT2D eigenvalue weighted by atomic mass is 16.7. The molecule has 0 heterocycles. The molecule has 2 atom stereocenters. The molecule has 0 radical (unpaired) electrons. The minimum atomic E-state index is -0.706. The first-order chi connectivity index (χ1) is 4.83. The van der Waals surface area contributed by atoms with Crippen molar-refractivity contribution in [1.82, 2.24) is 0 Å². The average molecular weight is 162 g/mol. The fourth-order valence-corrected chi connectivity index (χ4v) is 0.923. The third-order valence-corrected chi connectivity index (χ3v) is 0.939. The highest BCUT2D eigenvalue weighted by molar-refractivity contribution is 4.56. The van der Waals surface area contributed by atoms with Crippen LogP contribution in [0.3, 0.4) is 0 Å². The van der Waals surface area contributed by atoms with E-state index in [1.807, 2.05) is 0 Å². The summed E-state index contributed by atoms with van der Waals surface area (Å²) in [5.41, 5.74) is 10.8. The monoisotopic (exact) mass is 162 g/mol. The van der Waals surface area contributed by atoms with E-state index in [0.29, 0.717) is 0 Å². The summed E-state index contributed by atoms with van der Waals surface area (Å²) < 4.78 is 10.4. The van der Waals surface area contributed by atoms with Gasteiger partial charge in [-0.15, -0.1) is 0 Å². The topological polar surface area (TPSA) is 70.5 Å². The SMILES string of the molecule is CC(N)OC(C)(C)OC(C)N. The van der Waals surface area contributed by atoms with Gasteiger partial charge in [0.05, 0.1) is 0 Å². The highest BCUT2D eigenvalue weighted by Gasteiger charge is 2.22. The van der Waals surface area contributed by atoms with Crippen LogP contribution in [-0.2, 0) is 9.47 Å². The number of nitrogens with two attached hydrogens (primary N) is 2. The number of ether oxygens (including phenoxy) is 2. The highest BCUT2D eigenvalue weighted by Crippen LogP contribution is 2.13. The summed E-state index contributed by atoms with van der Waals surface area (Å²) in [5.74, 6) is -0.706. The van der Waals surface area contributed by atoms with Gasteiger partial charge in [0.2, 0.25) is 0 Å². The maximum Gasteiger partial charge on any atom is 0.166 e. The van der Waals surface area contributed by atoms with Crippen LogP contribution in [0.1, 0.15) is 27.7 Å². The largest absolute Gasteiger partial charge is 0.333 e. The van der Waals surface area contributed by atoms with E-state index in [1.165, 1.54) is 0 Å². The second-order valence-electron chi connectivity index (χ2n) is 3.05. The summed E-state index contributed by atoms with van der Waals surface area (Å²) in [7, 11) is 0. The normalized spacial score (nSPS) is 18.0. The Labute approximate surface area is 67.8 Å². The molecule has 0 aromatic carbocycles. The number of hydrogen-bond acceptors (Lipinski definition) is 4. The van der Waals surface area contributed by atoms with E-state index in [-0.39, 0.29) is 12.5 Å². The molecule has 0 fully saturated rings. The molecule has 0 spiro atoms. The Hall–Kier alpha value is -0.160. The van der Waals surface area contributed by atoms with Crippen LogP contribution < -0.4 is 11.5 Å². The average Bonchev–Trinajstić information content (AvgIpc) is 1.53. The first kappa shape index (κ1) is 10.8. The van der Waals surface area contributed by atoms with Gasteiger partial charge in [-0.2, -0.15) is 0 Å². The standard InChI is InChI=1S/C7H18N2O2/c1-5(8)10-7(3,4)11-6(2)9/h5-6H,8-9H2,1-4H3. The van der Waals surface area contributed by atoms with Gasteiger partial charge in [-0.1, -0.05) is 0 Å². The van der Waals surface area contributed by atoms with Gasteiger partial charge in [-0.3, -0.25) is 0 Å². The molecule has 4 nitrogen and oxygen atoms in total. The molecule has 0 amide bonds. The molecule has 68 valence electrons. The fourth-order valence-electron chi connectivity index (χ4n) is 0.923. The maximum atomic E-state index is 5.41. The van der Waals surface area contributed by atoms with Gasteiger partial charge in [0.25, 0.3) is 0 Å². The van der Waals surface area contributed by atoms with Crippen LogP contribution in [-0.4, -0.2) is 18.2 Å². The summed E-state index contributed by atoms with van der Waals surface area (Å²) in [6.45, 7) is 7.04. The van der Waals surface area contributed by atoms with E-state index in [4.69, 9.17) is 20.9 Å². The van der Waals surface area contributed by atoms with Crippen molar-refractivity contribution in [3.63, 3.8) is 0 Å². The van der Waals surface area contributed by atoms with Gasteiger partial charge in [0, 0.05) is 0 Å². The Morgan fingerprint density at radius 1 is 1.00 bits per heavy atom. The molecule has 0 rings (SSSR count). The van der Waals surface area contributed by atoms with Crippen LogP contribution in [0.2, 0.25) is 0 Å². The molecule has 2 unspecified atom stereocenters. The molecule has 4 heteroatoms. The van der Waals surface area contributed by atoms with Crippen molar-refractivity contribution in [2.75, 3.05) is 0 Å². The van der Waals surface area contributed by atoms with Crippen LogP contribution in [0.15, 0.2) is 0 Å². The van der Waals surface area contributed by atoms with E-state index in [1.54, 1.807) is 27.7 Å². The van der Waals surface area contributed by atoms with Gasteiger partial charge in [-0.25, -0.2) is 0 Å². The Balaban J connectivity index is 3.79. The van der Waals surface area contributed by atoms with E-state index >= 15 is 0 Å². The van der Waals surface area contributed by atoms with Crippen molar-refractivity contribution < 1.29 is 9.47 Å². The Bertz CT molecular complexity index is 101.